The number of carbonyl (C=O) groups is 1. The van der Waals surface area contributed by atoms with Gasteiger partial charge in [-0.25, -0.2) is 14.6 Å². The number of anilines is 3. The van der Waals surface area contributed by atoms with Crippen LogP contribution in [-0.4, -0.2) is 51.5 Å². The molecule has 3 aromatic carbocycles. The molecule has 1 saturated heterocycles. The third-order valence-electron chi connectivity index (χ3n) is 7.53. The van der Waals surface area contributed by atoms with Crippen molar-refractivity contribution in [3.8, 4) is 28.2 Å². The van der Waals surface area contributed by atoms with Gasteiger partial charge in [-0.1, -0.05) is 48.5 Å². The van der Waals surface area contributed by atoms with Gasteiger partial charge in [0.25, 0.3) is 11.5 Å². The van der Waals surface area contributed by atoms with Gasteiger partial charge in [0.05, 0.1) is 36.5 Å². The maximum absolute atomic E-state index is 13.2. The van der Waals surface area contributed by atoms with E-state index in [0.29, 0.717) is 47.5 Å². The summed E-state index contributed by atoms with van der Waals surface area (Å²) >= 11 is 0. The summed E-state index contributed by atoms with van der Waals surface area (Å²) in [4.78, 5) is 38.1. The maximum atomic E-state index is 13.2. The standard InChI is InChI=1S/C32H31N7O3/c1-21-28(32(41)39(37(21)2)24-8-4-3-5-9-24)31(40)35-23-14-12-22(13-15-23)29-30(33)34-20-26(36-29)25-10-6-7-11-27(25)38-16-18-42-19-17-38/h3-15,20H,16-19H2,1-2H3,(H2,33,34)(H,35,40). The molecule has 1 fully saturated rings. The number of nitrogen functional groups attached to an aromatic ring is 1. The average Bonchev–Trinajstić information content (AvgIpc) is 3.25. The van der Waals surface area contributed by atoms with Gasteiger partial charge in [0.15, 0.2) is 0 Å². The Morgan fingerprint density at radius 3 is 2.38 bits per heavy atom. The molecular formula is C32H31N7O3. The number of nitrogens with two attached hydrogens (primary N) is 1. The van der Waals surface area contributed by atoms with Crippen molar-refractivity contribution < 1.29 is 9.53 Å². The number of nitrogens with zero attached hydrogens (tertiary/aromatic N) is 5. The van der Waals surface area contributed by atoms with Crippen LogP contribution < -0.4 is 21.5 Å². The molecule has 0 radical (unpaired) electrons. The largest absolute Gasteiger partial charge is 0.382 e. The Hall–Kier alpha value is -5.22. The molecule has 0 aliphatic carbocycles. The third-order valence-corrected chi connectivity index (χ3v) is 7.53. The van der Waals surface area contributed by atoms with Crippen LogP contribution in [0, 0.1) is 6.92 Å². The van der Waals surface area contributed by atoms with Crippen molar-refractivity contribution in [2.45, 2.75) is 6.92 Å². The third kappa shape index (κ3) is 5.04. The summed E-state index contributed by atoms with van der Waals surface area (Å²) in [6.07, 6.45) is 1.69. The van der Waals surface area contributed by atoms with Gasteiger partial charge >= 0.3 is 0 Å². The minimum Gasteiger partial charge on any atom is -0.382 e. The summed E-state index contributed by atoms with van der Waals surface area (Å²) in [5.74, 6) is -0.169. The Labute approximate surface area is 243 Å². The van der Waals surface area contributed by atoms with E-state index in [-0.39, 0.29) is 11.1 Å². The maximum Gasteiger partial charge on any atom is 0.284 e. The van der Waals surface area contributed by atoms with Crippen molar-refractivity contribution in [3.63, 3.8) is 0 Å². The fourth-order valence-corrected chi connectivity index (χ4v) is 5.25. The van der Waals surface area contributed by atoms with Crippen LogP contribution in [0.5, 0.6) is 0 Å². The van der Waals surface area contributed by atoms with Gasteiger partial charge in [-0.2, -0.15) is 0 Å². The number of hydrogen-bond donors (Lipinski definition) is 2. The smallest absolute Gasteiger partial charge is 0.284 e. The predicted molar refractivity (Wildman–Crippen MR) is 164 cm³/mol. The van der Waals surface area contributed by atoms with Crippen molar-refractivity contribution in [2.24, 2.45) is 7.05 Å². The first-order chi connectivity index (χ1) is 20.4. The molecule has 212 valence electrons. The van der Waals surface area contributed by atoms with E-state index < -0.39 is 5.91 Å². The fraction of sp³-hybridized carbons (Fsp3) is 0.188. The Kier molecular flexibility index (Phi) is 7.28. The minimum atomic E-state index is -0.475. The molecule has 10 nitrogen and oxygen atoms in total. The highest BCUT2D eigenvalue weighted by atomic mass is 16.5. The zero-order chi connectivity index (χ0) is 29.2. The topological polar surface area (TPSA) is 120 Å². The molecule has 0 bridgehead atoms. The second-order valence-electron chi connectivity index (χ2n) is 10.1. The van der Waals surface area contributed by atoms with Crippen LogP contribution in [0.1, 0.15) is 16.1 Å². The lowest BCUT2D eigenvalue weighted by Crippen LogP contribution is -2.36. The number of benzene rings is 3. The number of rotatable bonds is 6. The van der Waals surface area contributed by atoms with Crippen LogP contribution in [0.25, 0.3) is 28.2 Å². The van der Waals surface area contributed by atoms with Crippen molar-refractivity contribution in [1.29, 1.82) is 0 Å². The molecule has 2 aromatic heterocycles. The summed E-state index contributed by atoms with van der Waals surface area (Å²) in [6, 6.07) is 24.5. The van der Waals surface area contributed by atoms with E-state index in [1.165, 1.54) is 4.68 Å². The summed E-state index contributed by atoms with van der Waals surface area (Å²) in [5, 5.41) is 2.86. The highest BCUT2D eigenvalue weighted by Gasteiger charge is 2.23. The number of hydrogen-bond acceptors (Lipinski definition) is 7. The van der Waals surface area contributed by atoms with E-state index in [9.17, 15) is 9.59 Å². The van der Waals surface area contributed by atoms with Crippen LogP contribution >= 0.6 is 0 Å². The first kappa shape index (κ1) is 27.0. The van der Waals surface area contributed by atoms with E-state index in [2.05, 4.69) is 21.3 Å². The Morgan fingerprint density at radius 2 is 1.64 bits per heavy atom. The summed E-state index contributed by atoms with van der Waals surface area (Å²) in [5.41, 5.74) is 11.8. The Bertz CT molecular complexity index is 1800. The van der Waals surface area contributed by atoms with Gasteiger partial charge < -0.3 is 20.7 Å². The molecule has 0 spiro atoms. The van der Waals surface area contributed by atoms with E-state index >= 15 is 0 Å². The van der Waals surface area contributed by atoms with Crippen LogP contribution in [0.3, 0.4) is 0 Å². The number of amides is 1. The monoisotopic (exact) mass is 561 g/mol. The molecule has 10 heteroatoms. The van der Waals surface area contributed by atoms with Crippen LogP contribution in [0.2, 0.25) is 0 Å². The first-order valence-electron chi connectivity index (χ1n) is 13.7. The molecule has 0 atom stereocenters. The molecular weight excluding hydrogens is 530 g/mol. The van der Waals surface area contributed by atoms with Gasteiger partial charge in [0.1, 0.15) is 17.1 Å². The number of carbonyl (C=O) groups excluding carboxylic acids is 1. The lowest BCUT2D eigenvalue weighted by molar-refractivity contribution is 0.102. The second kappa shape index (κ2) is 11.3. The zero-order valence-electron chi connectivity index (χ0n) is 23.4. The molecule has 1 amide bonds. The molecule has 3 N–H and O–H groups in total. The van der Waals surface area contributed by atoms with Gasteiger partial charge in [-0.15, -0.1) is 0 Å². The van der Waals surface area contributed by atoms with Gasteiger partial charge in [-0.3, -0.25) is 14.3 Å². The van der Waals surface area contributed by atoms with Gasteiger partial charge in [0, 0.05) is 42.6 Å². The zero-order valence-corrected chi connectivity index (χ0v) is 23.4. The van der Waals surface area contributed by atoms with E-state index in [1.807, 2.05) is 60.7 Å². The number of nitrogens with one attached hydrogen (secondary N) is 1. The lowest BCUT2D eigenvalue weighted by atomic mass is 10.1. The molecule has 5 aromatic rings. The fourth-order valence-electron chi connectivity index (χ4n) is 5.25. The molecule has 1 aliphatic rings. The molecule has 42 heavy (non-hydrogen) atoms. The SMILES string of the molecule is Cc1c(C(=O)Nc2ccc(-c3nc(-c4ccccc4N4CCOCC4)cnc3N)cc2)c(=O)n(-c2ccccc2)n1C. The normalized spacial score (nSPS) is 13.2. The highest BCUT2D eigenvalue weighted by molar-refractivity contribution is 6.05. The Morgan fingerprint density at radius 1 is 0.952 bits per heavy atom. The second-order valence-corrected chi connectivity index (χ2v) is 10.1. The number of morpholine rings is 1. The summed E-state index contributed by atoms with van der Waals surface area (Å²) in [6.45, 7) is 4.74. The minimum absolute atomic E-state index is 0.0900. The average molecular weight is 562 g/mol. The highest BCUT2D eigenvalue weighted by Crippen LogP contribution is 2.33. The van der Waals surface area contributed by atoms with Crippen molar-refractivity contribution in [3.05, 3.63) is 107 Å². The molecule has 1 aliphatic heterocycles. The molecule has 0 saturated carbocycles. The number of ether oxygens (including phenoxy) is 1. The van der Waals surface area contributed by atoms with E-state index in [4.69, 9.17) is 15.5 Å². The molecule has 6 rings (SSSR count). The van der Waals surface area contributed by atoms with Crippen LogP contribution in [0.15, 0.2) is 89.9 Å². The van der Waals surface area contributed by atoms with Gasteiger partial charge in [0.2, 0.25) is 0 Å². The van der Waals surface area contributed by atoms with Gasteiger partial charge in [-0.05, 0) is 37.3 Å². The first-order valence-corrected chi connectivity index (χ1v) is 13.7. The van der Waals surface area contributed by atoms with Crippen molar-refractivity contribution in [1.82, 2.24) is 19.3 Å². The van der Waals surface area contributed by atoms with E-state index in [1.54, 1.807) is 37.0 Å². The van der Waals surface area contributed by atoms with Crippen LogP contribution in [-0.2, 0) is 11.8 Å². The number of para-hydroxylation sites is 2. The predicted octanol–water partition coefficient (Wildman–Crippen LogP) is 4.28. The molecule has 0 unspecified atom stereocenters. The Balaban J connectivity index is 1.26. The molecule has 3 heterocycles. The summed E-state index contributed by atoms with van der Waals surface area (Å²) < 4.78 is 8.69. The van der Waals surface area contributed by atoms with Crippen molar-refractivity contribution in [2.75, 3.05) is 42.3 Å². The quantitative estimate of drug-likeness (QED) is 0.318. The lowest BCUT2D eigenvalue weighted by Gasteiger charge is -2.30. The van der Waals surface area contributed by atoms with E-state index in [0.717, 1.165) is 29.9 Å². The van der Waals surface area contributed by atoms with Crippen molar-refractivity contribution >= 4 is 23.1 Å². The summed E-state index contributed by atoms with van der Waals surface area (Å²) in [7, 11) is 1.76. The van der Waals surface area contributed by atoms with Crippen LogP contribution in [0.4, 0.5) is 17.2 Å². The number of aromatic nitrogens is 4.